The van der Waals surface area contributed by atoms with Crippen molar-refractivity contribution in [2.24, 2.45) is 4.99 Å². The molecule has 1 saturated carbocycles. The first-order valence-corrected chi connectivity index (χ1v) is 15.5. The quantitative estimate of drug-likeness (QED) is 0.133. The molecule has 2 aliphatic heterocycles. The van der Waals surface area contributed by atoms with E-state index in [2.05, 4.69) is 32.8 Å². The number of ether oxygens (including phenoxy) is 2. The topological polar surface area (TPSA) is 69.6 Å². The number of nitrogens with one attached hydrogen (secondary N) is 1. The highest BCUT2D eigenvalue weighted by Crippen LogP contribution is 2.41. The summed E-state index contributed by atoms with van der Waals surface area (Å²) in [5.74, 6) is 1.27. The SMILES string of the molecule is C=C/C=C(\N=C(/C)NCCC[C@H](c1ccc(OC)c(OC)c1)N1Cc2c(cccc2N2CCN(C3CC3)CC2)C1=O)C(F)(F)F. The number of fused-ring (bicyclic) bond motifs is 1. The minimum Gasteiger partial charge on any atom is -0.493 e. The van der Waals surface area contributed by atoms with Gasteiger partial charge in [0.2, 0.25) is 0 Å². The van der Waals surface area contributed by atoms with Gasteiger partial charge in [-0.05, 0) is 68.5 Å². The van der Waals surface area contributed by atoms with Gasteiger partial charge in [0.05, 0.1) is 26.1 Å². The second-order valence-electron chi connectivity index (χ2n) is 11.7. The number of aliphatic imine (C=N–C) groups is 1. The highest BCUT2D eigenvalue weighted by Gasteiger charge is 2.37. The summed E-state index contributed by atoms with van der Waals surface area (Å²) in [7, 11) is 3.15. The lowest BCUT2D eigenvalue weighted by atomic mass is 9.99. The molecule has 0 aromatic heterocycles. The van der Waals surface area contributed by atoms with E-state index in [1.807, 2.05) is 35.2 Å². The number of anilines is 1. The smallest absolute Gasteiger partial charge is 0.433 e. The van der Waals surface area contributed by atoms with E-state index in [0.717, 1.165) is 66.8 Å². The number of carbonyl (C=O) groups is 1. The molecule has 0 bridgehead atoms. The summed E-state index contributed by atoms with van der Waals surface area (Å²) in [6.07, 6.45) is 1.07. The van der Waals surface area contributed by atoms with Gasteiger partial charge in [0, 0.05) is 62.1 Å². The summed E-state index contributed by atoms with van der Waals surface area (Å²) in [6.45, 7) is 9.64. The van der Waals surface area contributed by atoms with Crippen molar-refractivity contribution in [3.8, 4) is 11.5 Å². The summed E-state index contributed by atoms with van der Waals surface area (Å²) in [5.41, 5.74) is 2.76. The van der Waals surface area contributed by atoms with Crippen LogP contribution in [0.1, 0.15) is 60.1 Å². The third kappa shape index (κ3) is 7.46. The van der Waals surface area contributed by atoms with Gasteiger partial charge in [0.15, 0.2) is 11.5 Å². The van der Waals surface area contributed by atoms with Gasteiger partial charge >= 0.3 is 6.18 Å². The van der Waals surface area contributed by atoms with Gasteiger partial charge in [-0.25, -0.2) is 4.99 Å². The summed E-state index contributed by atoms with van der Waals surface area (Å²) in [5, 5.41) is 2.99. The molecule has 2 aromatic rings. The fraction of sp³-hybridized carbons (Fsp3) is 0.471. The minimum atomic E-state index is -4.58. The normalized spacial score (nSPS) is 18.6. The van der Waals surface area contributed by atoms with Gasteiger partial charge in [-0.2, -0.15) is 13.2 Å². The van der Waals surface area contributed by atoms with Crippen molar-refractivity contribution in [2.75, 3.05) is 51.8 Å². The molecule has 11 heteroatoms. The molecule has 2 aromatic carbocycles. The Labute approximate surface area is 263 Å². The largest absolute Gasteiger partial charge is 0.493 e. The Morgan fingerprint density at radius 1 is 1.11 bits per heavy atom. The monoisotopic (exact) mass is 625 g/mol. The van der Waals surface area contributed by atoms with Crippen LogP contribution in [0.5, 0.6) is 11.5 Å². The van der Waals surface area contributed by atoms with Crippen molar-refractivity contribution in [3.05, 3.63) is 77.5 Å². The van der Waals surface area contributed by atoms with Crippen molar-refractivity contribution < 1.29 is 27.4 Å². The van der Waals surface area contributed by atoms with Crippen LogP contribution in [0.3, 0.4) is 0 Å². The van der Waals surface area contributed by atoms with Crippen LogP contribution < -0.4 is 19.7 Å². The number of piperazine rings is 1. The number of halogens is 3. The second kappa shape index (κ2) is 14.0. The van der Waals surface area contributed by atoms with Gasteiger partial charge in [-0.3, -0.25) is 9.69 Å². The van der Waals surface area contributed by atoms with Crippen molar-refractivity contribution in [3.63, 3.8) is 0 Å². The third-order valence-corrected chi connectivity index (χ3v) is 8.75. The first kappa shape index (κ1) is 32.4. The van der Waals surface area contributed by atoms with Gasteiger partial charge in [-0.15, -0.1) is 0 Å². The van der Waals surface area contributed by atoms with Crippen LogP contribution in [0.2, 0.25) is 0 Å². The zero-order valence-electron chi connectivity index (χ0n) is 26.2. The minimum absolute atomic E-state index is 0.0293. The van der Waals surface area contributed by atoms with E-state index < -0.39 is 11.9 Å². The van der Waals surface area contributed by atoms with Crippen LogP contribution in [-0.4, -0.2) is 80.7 Å². The van der Waals surface area contributed by atoms with Crippen molar-refractivity contribution in [1.29, 1.82) is 0 Å². The van der Waals surface area contributed by atoms with E-state index in [0.29, 0.717) is 37.4 Å². The number of amidine groups is 1. The molecule has 8 nitrogen and oxygen atoms in total. The third-order valence-electron chi connectivity index (χ3n) is 8.75. The predicted octanol–water partition coefficient (Wildman–Crippen LogP) is 6.11. The van der Waals surface area contributed by atoms with Crippen molar-refractivity contribution in [1.82, 2.24) is 15.1 Å². The highest BCUT2D eigenvalue weighted by molar-refractivity contribution is 6.00. The number of alkyl halides is 3. The van der Waals surface area contributed by atoms with Crippen LogP contribution in [0.4, 0.5) is 18.9 Å². The molecule has 45 heavy (non-hydrogen) atoms. The van der Waals surface area contributed by atoms with E-state index in [1.54, 1.807) is 14.2 Å². The fourth-order valence-corrected chi connectivity index (χ4v) is 6.31. The zero-order chi connectivity index (χ0) is 32.1. The fourth-order valence-electron chi connectivity index (χ4n) is 6.31. The molecule has 0 radical (unpaired) electrons. The molecule has 1 saturated heterocycles. The van der Waals surface area contributed by atoms with Gasteiger partial charge < -0.3 is 24.6 Å². The number of nitrogens with zero attached hydrogens (tertiary/aromatic N) is 4. The maximum Gasteiger partial charge on any atom is 0.433 e. The molecule has 0 spiro atoms. The lowest BCUT2D eigenvalue weighted by Gasteiger charge is -2.37. The number of rotatable bonds is 12. The number of benzene rings is 2. The molecular formula is C34H42F3N5O3. The van der Waals surface area contributed by atoms with Crippen molar-refractivity contribution in [2.45, 2.75) is 57.4 Å². The molecule has 1 amide bonds. The molecule has 5 rings (SSSR count). The van der Waals surface area contributed by atoms with E-state index >= 15 is 0 Å². The maximum atomic E-state index is 14.0. The molecule has 1 N–H and O–H groups in total. The van der Waals surface area contributed by atoms with E-state index in [9.17, 15) is 18.0 Å². The van der Waals surface area contributed by atoms with E-state index in [1.165, 1.54) is 19.8 Å². The van der Waals surface area contributed by atoms with Crippen LogP contribution in [-0.2, 0) is 6.54 Å². The highest BCUT2D eigenvalue weighted by atomic mass is 19.4. The summed E-state index contributed by atoms with van der Waals surface area (Å²) >= 11 is 0. The Balaban J connectivity index is 1.34. The zero-order valence-corrected chi connectivity index (χ0v) is 26.2. The summed E-state index contributed by atoms with van der Waals surface area (Å²) in [6, 6.07) is 12.1. The first-order valence-electron chi connectivity index (χ1n) is 15.5. The Morgan fingerprint density at radius 3 is 2.49 bits per heavy atom. The lowest BCUT2D eigenvalue weighted by molar-refractivity contribution is -0.0923. The average molecular weight is 626 g/mol. The van der Waals surface area contributed by atoms with Crippen LogP contribution in [0.15, 0.2) is 65.8 Å². The maximum absolute atomic E-state index is 14.0. The van der Waals surface area contributed by atoms with Gasteiger partial charge in [0.25, 0.3) is 5.91 Å². The Morgan fingerprint density at radius 2 is 1.84 bits per heavy atom. The van der Waals surface area contributed by atoms with Crippen LogP contribution in [0.25, 0.3) is 0 Å². The van der Waals surface area contributed by atoms with Crippen LogP contribution in [0, 0.1) is 0 Å². The Bertz CT molecular complexity index is 1450. The average Bonchev–Trinajstić information content (AvgIpc) is 3.83. The standard InChI is InChI=1S/C34H42F3N5O3/c1-5-8-32(34(35,36)37)39-23(2)38-16-7-11-28(24-12-15-30(44-3)31(21-24)45-4)42-22-27-26(33(42)43)9-6-10-29(27)41-19-17-40(18-20-41)25-13-14-25/h5-6,8-10,12,15,21,25,28H,1,7,11,13-14,16-20,22H2,2-4H3,(H,38,39)/b32-8-/t28-/m1/s1. The number of carbonyl (C=O) groups excluding carboxylic acids is 1. The van der Waals surface area contributed by atoms with E-state index in [-0.39, 0.29) is 17.8 Å². The number of methoxy groups -OCH3 is 2. The van der Waals surface area contributed by atoms with E-state index in [4.69, 9.17) is 9.47 Å². The number of allylic oxidation sites excluding steroid dienone is 3. The molecule has 0 unspecified atom stereocenters. The van der Waals surface area contributed by atoms with Gasteiger partial charge in [0.1, 0.15) is 5.70 Å². The molecule has 2 fully saturated rings. The predicted molar refractivity (Wildman–Crippen MR) is 170 cm³/mol. The first-order chi connectivity index (χ1) is 21.6. The molecule has 242 valence electrons. The summed E-state index contributed by atoms with van der Waals surface area (Å²) in [4.78, 5) is 24.6. The van der Waals surface area contributed by atoms with Gasteiger partial charge in [-0.1, -0.05) is 24.8 Å². The Kier molecular flexibility index (Phi) is 10.1. The van der Waals surface area contributed by atoms with Crippen molar-refractivity contribution >= 4 is 17.4 Å². The van der Waals surface area contributed by atoms with Crippen LogP contribution >= 0.6 is 0 Å². The molecule has 1 aliphatic carbocycles. The molecule has 1 atom stereocenters. The lowest BCUT2D eigenvalue weighted by Crippen LogP contribution is -2.47. The number of amides is 1. The Hall–Kier alpha value is -3.99. The molecular weight excluding hydrogens is 583 g/mol. The number of hydrogen-bond donors (Lipinski definition) is 1. The number of hydrogen-bond acceptors (Lipinski definition) is 6. The second-order valence-corrected chi connectivity index (χ2v) is 11.7. The molecule has 2 heterocycles. The molecule has 3 aliphatic rings. The summed E-state index contributed by atoms with van der Waals surface area (Å²) < 4.78 is 50.8.